The van der Waals surface area contributed by atoms with Gasteiger partial charge in [0.25, 0.3) is 0 Å². The third-order valence-corrected chi connectivity index (χ3v) is 3.50. The number of aromatic nitrogens is 1. The van der Waals surface area contributed by atoms with Crippen molar-refractivity contribution in [1.82, 2.24) is 10.3 Å². The standard InChI is InChI=1S/C13H18N2O/c1-3-10-6-7-13(15-12(10)5-1)16-9-11-4-2-8-14-11/h6-7,11,14H,1-5,8-9H2. The maximum atomic E-state index is 5.74. The van der Waals surface area contributed by atoms with Crippen LogP contribution in [0.25, 0.3) is 0 Å². The summed E-state index contributed by atoms with van der Waals surface area (Å²) in [7, 11) is 0. The van der Waals surface area contributed by atoms with Gasteiger partial charge in [-0.3, -0.25) is 0 Å². The van der Waals surface area contributed by atoms with Crippen molar-refractivity contribution in [1.29, 1.82) is 0 Å². The van der Waals surface area contributed by atoms with Crippen LogP contribution < -0.4 is 10.1 Å². The maximum absolute atomic E-state index is 5.74. The molecule has 1 unspecified atom stereocenters. The van der Waals surface area contributed by atoms with Gasteiger partial charge in [0.2, 0.25) is 5.88 Å². The Morgan fingerprint density at radius 2 is 2.31 bits per heavy atom. The van der Waals surface area contributed by atoms with Crippen molar-refractivity contribution < 1.29 is 4.74 Å². The monoisotopic (exact) mass is 218 g/mol. The zero-order valence-electron chi connectivity index (χ0n) is 9.54. The molecule has 1 aromatic rings. The lowest BCUT2D eigenvalue weighted by atomic mass is 10.2. The lowest BCUT2D eigenvalue weighted by Gasteiger charge is -2.12. The van der Waals surface area contributed by atoms with Gasteiger partial charge in [0.15, 0.2) is 0 Å². The molecule has 1 N–H and O–H groups in total. The lowest BCUT2D eigenvalue weighted by molar-refractivity contribution is 0.267. The highest BCUT2D eigenvalue weighted by molar-refractivity contribution is 5.29. The Morgan fingerprint density at radius 3 is 3.19 bits per heavy atom. The van der Waals surface area contributed by atoms with Gasteiger partial charge in [-0.1, -0.05) is 6.07 Å². The van der Waals surface area contributed by atoms with E-state index in [9.17, 15) is 0 Å². The predicted molar refractivity (Wildman–Crippen MR) is 62.8 cm³/mol. The molecule has 1 aliphatic heterocycles. The molecule has 3 nitrogen and oxygen atoms in total. The van der Waals surface area contributed by atoms with E-state index in [2.05, 4.69) is 16.4 Å². The van der Waals surface area contributed by atoms with Gasteiger partial charge in [0.05, 0.1) is 0 Å². The fraction of sp³-hybridized carbons (Fsp3) is 0.615. The van der Waals surface area contributed by atoms with Crippen LogP contribution in [0.4, 0.5) is 0 Å². The van der Waals surface area contributed by atoms with Gasteiger partial charge in [0, 0.05) is 17.8 Å². The van der Waals surface area contributed by atoms with Crippen molar-refractivity contribution in [3.63, 3.8) is 0 Å². The van der Waals surface area contributed by atoms with E-state index in [4.69, 9.17) is 4.74 Å². The molecule has 1 aromatic heterocycles. The molecule has 2 aliphatic rings. The molecule has 0 spiro atoms. The molecule has 3 heteroatoms. The van der Waals surface area contributed by atoms with Gasteiger partial charge in [-0.25, -0.2) is 4.98 Å². The second-order valence-electron chi connectivity index (χ2n) is 4.71. The van der Waals surface area contributed by atoms with E-state index in [-0.39, 0.29) is 0 Å². The summed E-state index contributed by atoms with van der Waals surface area (Å²) >= 11 is 0. The topological polar surface area (TPSA) is 34.1 Å². The quantitative estimate of drug-likeness (QED) is 0.838. The van der Waals surface area contributed by atoms with Crippen LogP contribution in [0.5, 0.6) is 5.88 Å². The number of aryl methyl sites for hydroxylation is 2. The van der Waals surface area contributed by atoms with Crippen LogP contribution in [-0.2, 0) is 12.8 Å². The van der Waals surface area contributed by atoms with Gasteiger partial charge in [0.1, 0.15) is 6.61 Å². The maximum Gasteiger partial charge on any atom is 0.213 e. The van der Waals surface area contributed by atoms with E-state index in [1.54, 1.807) is 0 Å². The Kier molecular flexibility index (Phi) is 2.79. The summed E-state index contributed by atoms with van der Waals surface area (Å²) in [5, 5.41) is 3.43. The van der Waals surface area contributed by atoms with Gasteiger partial charge >= 0.3 is 0 Å². The fourth-order valence-electron chi connectivity index (χ4n) is 2.57. The minimum atomic E-state index is 0.523. The zero-order chi connectivity index (χ0) is 10.8. The number of ether oxygens (including phenoxy) is 1. The van der Waals surface area contributed by atoms with Crippen LogP contribution in [0.15, 0.2) is 12.1 Å². The highest BCUT2D eigenvalue weighted by atomic mass is 16.5. The lowest BCUT2D eigenvalue weighted by Crippen LogP contribution is -2.28. The van der Waals surface area contributed by atoms with E-state index >= 15 is 0 Å². The number of rotatable bonds is 3. The van der Waals surface area contributed by atoms with E-state index in [0.29, 0.717) is 6.04 Å². The van der Waals surface area contributed by atoms with Crippen LogP contribution in [0.1, 0.15) is 30.5 Å². The molecular formula is C13H18N2O. The van der Waals surface area contributed by atoms with Crippen LogP contribution >= 0.6 is 0 Å². The number of pyridine rings is 1. The summed E-state index contributed by atoms with van der Waals surface area (Å²) in [5.41, 5.74) is 2.66. The summed E-state index contributed by atoms with van der Waals surface area (Å²) in [5.74, 6) is 0.800. The van der Waals surface area contributed by atoms with Crippen LogP contribution in [0.2, 0.25) is 0 Å². The molecule has 0 saturated carbocycles. The SMILES string of the molecule is c1cc2c(nc1OCC1CCCN1)CCC2. The van der Waals surface area contributed by atoms with Gasteiger partial charge in [-0.15, -0.1) is 0 Å². The predicted octanol–water partition coefficient (Wildman–Crippen LogP) is 1.70. The Hall–Kier alpha value is -1.09. The Morgan fingerprint density at radius 1 is 1.31 bits per heavy atom. The zero-order valence-corrected chi connectivity index (χ0v) is 9.54. The molecule has 86 valence electrons. The molecule has 3 rings (SSSR count). The van der Waals surface area contributed by atoms with Crippen molar-refractivity contribution >= 4 is 0 Å². The van der Waals surface area contributed by atoms with E-state index < -0.39 is 0 Å². The molecule has 0 amide bonds. The second kappa shape index (κ2) is 4.42. The first-order chi connectivity index (χ1) is 7.92. The first kappa shape index (κ1) is 10.1. The van der Waals surface area contributed by atoms with Crippen molar-refractivity contribution in [2.45, 2.75) is 38.1 Å². The molecule has 0 radical (unpaired) electrons. The molecule has 1 saturated heterocycles. The Labute approximate surface area is 96.2 Å². The average Bonchev–Trinajstić information content (AvgIpc) is 2.97. The molecular weight excluding hydrogens is 200 g/mol. The van der Waals surface area contributed by atoms with Gasteiger partial charge in [-0.2, -0.15) is 0 Å². The molecule has 1 atom stereocenters. The van der Waals surface area contributed by atoms with Crippen molar-refractivity contribution in [2.24, 2.45) is 0 Å². The third kappa shape index (κ3) is 2.05. The summed E-state index contributed by atoms with van der Waals surface area (Å²) in [4.78, 5) is 4.56. The minimum absolute atomic E-state index is 0.523. The van der Waals surface area contributed by atoms with Gasteiger partial charge in [-0.05, 0) is 44.2 Å². The second-order valence-corrected chi connectivity index (χ2v) is 4.71. The van der Waals surface area contributed by atoms with E-state index in [0.717, 1.165) is 25.5 Å². The van der Waals surface area contributed by atoms with Crippen LogP contribution in [0, 0.1) is 0 Å². The Bertz CT molecular complexity index is 372. The van der Waals surface area contributed by atoms with Crippen molar-refractivity contribution in [3.8, 4) is 5.88 Å². The van der Waals surface area contributed by atoms with Crippen molar-refractivity contribution in [3.05, 3.63) is 23.4 Å². The first-order valence-electron chi connectivity index (χ1n) is 6.27. The molecule has 0 bridgehead atoms. The number of hydrogen-bond acceptors (Lipinski definition) is 3. The number of nitrogens with one attached hydrogen (secondary N) is 1. The molecule has 1 fully saturated rings. The smallest absolute Gasteiger partial charge is 0.213 e. The van der Waals surface area contributed by atoms with E-state index in [1.165, 1.54) is 36.9 Å². The van der Waals surface area contributed by atoms with Crippen LogP contribution in [0.3, 0.4) is 0 Å². The average molecular weight is 218 g/mol. The highest BCUT2D eigenvalue weighted by Gasteiger charge is 2.16. The number of fused-ring (bicyclic) bond motifs is 1. The number of hydrogen-bond donors (Lipinski definition) is 1. The first-order valence-corrected chi connectivity index (χ1v) is 6.27. The summed E-state index contributed by atoms with van der Waals surface area (Å²) in [6, 6.07) is 4.71. The van der Waals surface area contributed by atoms with Crippen LogP contribution in [-0.4, -0.2) is 24.2 Å². The van der Waals surface area contributed by atoms with E-state index in [1.807, 2.05) is 6.07 Å². The summed E-state index contributed by atoms with van der Waals surface area (Å²) in [6.45, 7) is 1.89. The fourth-order valence-corrected chi connectivity index (χ4v) is 2.57. The molecule has 1 aliphatic carbocycles. The molecule has 2 heterocycles. The summed E-state index contributed by atoms with van der Waals surface area (Å²) < 4.78 is 5.74. The minimum Gasteiger partial charge on any atom is -0.476 e. The largest absolute Gasteiger partial charge is 0.476 e. The van der Waals surface area contributed by atoms with Crippen molar-refractivity contribution in [2.75, 3.05) is 13.2 Å². The molecule has 16 heavy (non-hydrogen) atoms. The summed E-state index contributed by atoms with van der Waals surface area (Å²) in [6.07, 6.45) is 6.05. The third-order valence-electron chi connectivity index (χ3n) is 3.50. The number of nitrogens with zero attached hydrogens (tertiary/aromatic N) is 1. The molecule has 0 aromatic carbocycles. The van der Waals surface area contributed by atoms with Gasteiger partial charge < -0.3 is 10.1 Å². The normalized spacial score (nSPS) is 23.4. The Balaban J connectivity index is 1.61. The highest BCUT2D eigenvalue weighted by Crippen LogP contribution is 2.22.